The molecule has 2 aromatic rings. The molecule has 2 atom stereocenters. The molecule has 1 heterocycles. The van der Waals surface area contributed by atoms with Gasteiger partial charge in [0.1, 0.15) is 11.6 Å². The van der Waals surface area contributed by atoms with Gasteiger partial charge in [-0.15, -0.1) is 11.6 Å². The molecule has 2 rings (SSSR count). The highest BCUT2D eigenvalue weighted by atomic mass is 79.9. The highest BCUT2D eigenvalue weighted by molar-refractivity contribution is 9.10. The molecule has 2 unspecified atom stereocenters. The molecule has 0 saturated heterocycles. The monoisotopic (exact) mass is 378 g/mol. The largest absolute Gasteiger partial charge is 0.326 e. The van der Waals surface area contributed by atoms with Crippen molar-refractivity contribution in [1.29, 1.82) is 0 Å². The van der Waals surface area contributed by atoms with Crippen LogP contribution in [0.4, 0.5) is 4.39 Å². The Morgan fingerprint density at radius 1 is 1.45 bits per heavy atom. The van der Waals surface area contributed by atoms with Crippen molar-refractivity contribution in [3.8, 4) is 0 Å². The minimum Gasteiger partial charge on any atom is -0.326 e. The van der Waals surface area contributed by atoms with Gasteiger partial charge in [0.15, 0.2) is 0 Å². The van der Waals surface area contributed by atoms with Crippen molar-refractivity contribution >= 4 is 50.3 Å². The molecule has 0 aliphatic heterocycles. The van der Waals surface area contributed by atoms with Crippen LogP contribution in [0.5, 0.6) is 0 Å². The number of hydrogen-bond donors (Lipinski definition) is 0. The van der Waals surface area contributed by atoms with Crippen LogP contribution in [0.3, 0.4) is 0 Å². The third-order valence-corrected chi connectivity index (χ3v) is 4.83. The van der Waals surface area contributed by atoms with Crippen molar-refractivity contribution in [1.82, 2.24) is 9.55 Å². The van der Waals surface area contributed by atoms with Crippen LogP contribution in [0.2, 0.25) is 0 Å². The van der Waals surface area contributed by atoms with Gasteiger partial charge < -0.3 is 4.57 Å². The van der Waals surface area contributed by atoms with Gasteiger partial charge in [-0.05, 0) is 46.8 Å². The molecule has 0 spiro atoms. The van der Waals surface area contributed by atoms with E-state index in [1.54, 1.807) is 6.07 Å². The number of rotatable bonds is 5. The molecule has 2 nitrogen and oxygen atoms in total. The Kier molecular flexibility index (Phi) is 5.37. The predicted octanol–water partition coefficient (Wildman–Crippen LogP) is 5.24. The summed E-state index contributed by atoms with van der Waals surface area (Å²) in [6, 6.07) is 3.24. The van der Waals surface area contributed by atoms with E-state index >= 15 is 0 Å². The Labute approximate surface area is 136 Å². The highest BCUT2D eigenvalue weighted by Crippen LogP contribution is 2.29. The zero-order chi connectivity index (χ0) is 14.9. The van der Waals surface area contributed by atoms with Gasteiger partial charge in [-0.1, -0.05) is 6.92 Å². The summed E-state index contributed by atoms with van der Waals surface area (Å²) < 4.78 is 16.3. The molecular formula is C14H17BrClFN2S. The van der Waals surface area contributed by atoms with E-state index in [1.807, 2.05) is 23.3 Å². The smallest absolute Gasteiger partial charge is 0.139 e. The maximum absolute atomic E-state index is 13.8. The van der Waals surface area contributed by atoms with E-state index in [0.717, 1.165) is 29.2 Å². The topological polar surface area (TPSA) is 17.8 Å². The van der Waals surface area contributed by atoms with Gasteiger partial charge in [-0.3, -0.25) is 0 Å². The summed E-state index contributed by atoms with van der Waals surface area (Å²) in [5, 5.41) is -0.203. The first-order valence-corrected chi connectivity index (χ1v) is 9.04. The Morgan fingerprint density at radius 3 is 2.75 bits per heavy atom. The quantitative estimate of drug-likeness (QED) is 0.661. The summed E-state index contributed by atoms with van der Waals surface area (Å²) >= 11 is 11.2. The fourth-order valence-corrected chi connectivity index (χ4v) is 3.46. The predicted molar refractivity (Wildman–Crippen MR) is 89.2 cm³/mol. The summed E-state index contributed by atoms with van der Waals surface area (Å²) in [5.74, 6) is 2.05. The molecule has 0 saturated carbocycles. The molecule has 0 bridgehead atoms. The molecule has 0 aliphatic rings. The number of nitrogens with zero attached hydrogens (tertiary/aromatic N) is 2. The molecule has 1 aromatic carbocycles. The first-order valence-electron chi connectivity index (χ1n) is 6.42. The van der Waals surface area contributed by atoms with E-state index in [4.69, 9.17) is 11.6 Å². The van der Waals surface area contributed by atoms with Gasteiger partial charge in [0.05, 0.1) is 20.9 Å². The van der Waals surface area contributed by atoms with E-state index < -0.39 is 0 Å². The molecule has 6 heteroatoms. The third kappa shape index (κ3) is 3.31. The Morgan fingerprint density at radius 2 is 2.15 bits per heavy atom. The van der Waals surface area contributed by atoms with Crippen LogP contribution >= 0.6 is 39.3 Å². The number of imidazole rings is 1. The maximum atomic E-state index is 13.8. The first-order chi connectivity index (χ1) is 9.43. The van der Waals surface area contributed by atoms with E-state index in [9.17, 15) is 4.39 Å². The fourth-order valence-electron chi connectivity index (χ4n) is 2.28. The lowest BCUT2D eigenvalue weighted by molar-refractivity contribution is 0.523. The van der Waals surface area contributed by atoms with Gasteiger partial charge in [0.2, 0.25) is 0 Å². The van der Waals surface area contributed by atoms with E-state index in [0.29, 0.717) is 10.4 Å². The second kappa shape index (κ2) is 6.67. The molecular weight excluding hydrogens is 363 g/mol. The molecule has 20 heavy (non-hydrogen) atoms. The molecule has 0 amide bonds. The Hall–Kier alpha value is -0.260. The van der Waals surface area contributed by atoms with Crippen LogP contribution in [0, 0.1) is 11.7 Å². The molecule has 0 fully saturated rings. The number of alkyl halides is 1. The summed E-state index contributed by atoms with van der Waals surface area (Å²) in [5.41, 5.74) is 1.58. The molecule has 1 aromatic heterocycles. The van der Waals surface area contributed by atoms with Gasteiger partial charge in [-0.2, -0.15) is 11.8 Å². The van der Waals surface area contributed by atoms with Crippen LogP contribution in [-0.2, 0) is 6.54 Å². The number of hydrogen-bond acceptors (Lipinski definition) is 2. The number of halogens is 3. The fraction of sp³-hybridized carbons (Fsp3) is 0.500. The summed E-state index contributed by atoms with van der Waals surface area (Å²) in [7, 11) is 0. The van der Waals surface area contributed by atoms with Gasteiger partial charge >= 0.3 is 0 Å². The average molecular weight is 380 g/mol. The number of aromatic nitrogens is 2. The zero-order valence-electron chi connectivity index (χ0n) is 11.7. The Balaban J connectivity index is 2.53. The van der Waals surface area contributed by atoms with Crippen molar-refractivity contribution in [2.24, 2.45) is 5.92 Å². The van der Waals surface area contributed by atoms with Crippen molar-refractivity contribution in [3.05, 3.63) is 28.2 Å². The minimum absolute atomic E-state index is 0.203. The molecule has 0 N–H and O–H groups in total. The maximum Gasteiger partial charge on any atom is 0.139 e. The SMILES string of the molecule is CSCC(C)Cn1c(C(C)Cl)nc2cc(Br)c(F)cc21. The van der Waals surface area contributed by atoms with Gasteiger partial charge in [0, 0.05) is 12.6 Å². The minimum atomic E-state index is -0.273. The van der Waals surface area contributed by atoms with Gasteiger partial charge in [-0.25, -0.2) is 9.37 Å². The number of thioether (sulfide) groups is 1. The highest BCUT2D eigenvalue weighted by Gasteiger charge is 2.18. The zero-order valence-corrected chi connectivity index (χ0v) is 14.8. The van der Waals surface area contributed by atoms with Crippen LogP contribution in [0.25, 0.3) is 11.0 Å². The van der Waals surface area contributed by atoms with Crippen molar-refractivity contribution in [2.75, 3.05) is 12.0 Å². The first kappa shape index (κ1) is 16.1. The van der Waals surface area contributed by atoms with E-state index in [1.165, 1.54) is 6.07 Å². The lowest BCUT2D eigenvalue weighted by Crippen LogP contribution is -2.13. The van der Waals surface area contributed by atoms with Crippen LogP contribution in [0.1, 0.15) is 25.0 Å². The third-order valence-electron chi connectivity index (χ3n) is 3.12. The van der Waals surface area contributed by atoms with E-state index in [2.05, 4.69) is 34.1 Å². The molecule has 0 aliphatic carbocycles. The average Bonchev–Trinajstić information content (AvgIpc) is 2.69. The normalized spacial score (nSPS) is 14.7. The van der Waals surface area contributed by atoms with Crippen molar-refractivity contribution in [2.45, 2.75) is 25.8 Å². The molecule has 110 valence electrons. The van der Waals surface area contributed by atoms with Gasteiger partial charge in [0.25, 0.3) is 0 Å². The summed E-state index contributed by atoms with van der Waals surface area (Å²) in [6.45, 7) is 4.87. The standard InChI is InChI=1S/C14H17BrClFN2S/c1-8(7-20-3)6-19-13-5-11(17)10(15)4-12(13)18-14(19)9(2)16/h4-5,8-9H,6-7H2,1-3H3. The van der Waals surface area contributed by atoms with E-state index in [-0.39, 0.29) is 11.2 Å². The second-order valence-corrected chi connectivity index (χ2v) is 7.43. The van der Waals surface area contributed by atoms with Crippen LogP contribution in [-0.4, -0.2) is 21.6 Å². The summed E-state index contributed by atoms with van der Waals surface area (Å²) in [6.07, 6.45) is 2.09. The Bertz CT molecular complexity index is 615. The lowest BCUT2D eigenvalue weighted by Gasteiger charge is -2.15. The summed E-state index contributed by atoms with van der Waals surface area (Å²) in [4.78, 5) is 4.55. The van der Waals surface area contributed by atoms with Crippen LogP contribution < -0.4 is 0 Å². The van der Waals surface area contributed by atoms with Crippen molar-refractivity contribution < 1.29 is 4.39 Å². The van der Waals surface area contributed by atoms with Crippen molar-refractivity contribution in [3.63, 3.8) is 0 Å². The molecule has 0 radical (unpaired) electrons. The van der Waals surface area contributed by atoms with Crippen LogP contribution in [0.15, 0.2) is 16.6 Å². The second-order valence-electron chi connectivity index (χ2n) is 5.01. The lowest BCUT2D eigenvalue weighted by atomic mass is 10.2. The number of fused-ring (bicyclic) bond motifs is 1. The number of benzene rings is 1.